The summed E-state index contributed by atoms with van der Waals surface area (Å²) >= 11 is 6.06. The Morgan fingerprint density at radius 3 is 2.85 bits per heavy atom. The average Bonchev–Trinajstić information content (AvgIpc) is 2.43. The maximum atomic E-state index is 12.6. The summed E-state index contributed by atoms with van der Waals surface area (Å²) in [5.41, 5.74) is 0.407. The summed E-state index contributed by atoms with van der Waals surface area (Å²) in [4.78, 5) is 18.3. The van der Waals surface area contributed by atoms with Crippen LogP contribution in [0.4, 0.5) is 5.82 Å². The van der Waals surface area contributed by atoms with Gasteiger partial charge in [0.25, 0.3) is 5.91 Å². The number of hydrogen-bond donors (Lipinski definition) is 1. The van der Waals surface area contributed by atoms with Crippen LogP contribution in [0.5, 0.6) is 0 Å². The Morgan fingerprint density at radius 1 is 1.60 bits per heavy atom. The van der Waals surface area contributed by atoms with Crippen LogP contribution in [0.25, 0.3) is 0 Å². The topological polar surface area (TPSA) is 69.0 Å². The molecule has 0 bridgehead atoms. The monoisotopic (exact) mass is 294 g/mol. The lowest BCUT2D eigenvalue weighted by molar-refractivity contribution is 0.0740. The van der Waals surface area contributed by atoms with Gasteiger partial charge in [0.2, 0.25) is 0 Å². The highest BCUT2D eigenvalue weighted by Crippen LogP contribution is 2.20. The summed E-state index contributed by atoms with van der Waals surface area (Å²) in [6.45, 7) is 5.05. The van der Waals surface area contributed by atoms with Crippen LogP contribution in [0.2, 0.25) is 5.02 Å². The predicted molar refractivity (Wildman–Crippen MR) is 79.8 cm³/mol. The molecule has 0 spiro atoms. The molecule has 1 heterocycles. The fourth-order valence-corrected chi connectivity index (χ4v) is 2.00. The maximum Gasteiger partial charge on any atom is 0.255 e. The molecule has 0 saturated carbocycles. The van der Waals surface area contributed by atoms with E-state index in [2.05, 4.69) is 16.4 Å². The van der Waals surface area contributed by atoms with Crippen LogP contribution in [0.15, 0.2) is 12.3 Å². The summed E-state index contributed by atoms with van der Waals surface area (Å²) in [7, 11) is 1.73. The molecule has 108 valence electrons. The zero-order valence-corrected chi connectivity index (χ0v) is 12.7. The lowest BCUT2D eigenvalue weighted by Gasteiger charge is -2.24. The molecular formula is C14H19ClN4O. The smallest absolute Gasteiger partial charge is 0.255 e. The fourth-order valence-electron chi connectivity index (χ4n) is 1.81. The number of carbonyl (C=O) groups is 1. The van der Waals surface area contributed by atoms with Crippen LogP contribution in [0.1, 0.15) is 30.6 Å². The number of anilines is 1. The van der Waals surface area contributed by atoms with Crippen molar-refractivity contribution in [2.75, 3.05) is 25.5 Å². The van der Waals surface area contributed by atoms with E-state index in [4.69, 9.17) is 16.9 Å². The number of nitrogens with one attached hydrogen (secondary N) is 1. The van der Waals surface area contributed by atoms with E-state index in [-0.39, 0.29) is 5.91 Å². The van der Waals surface area contributed by atoms with Crippen LogP contribution in [0, 0.1) is 17.2 Å². The van der Waals surface area contributed by atoms with E-state index >= 15 is 0 Å². The Bertz CT molecular complexity index is 510. The van der Waals surface area contributed by atoms with Gasteiger partial charge < -0.3 is 10.2 Å². The van der Waals surface area contributed by atoms with Gasteiger partial charge in [-0.1, -0.05) is 25.4 Å². The summed E-state index contributed by atoms with van der Waals surface area (Å²) in [6.07, 6.45) is 1.76. The third kappa shape index (κ3) is 4.39. The number of amides is 1. The van der Waals surface area contributed by atoms with Gasteiger partial charge >= 0.3 is 0 Å². The van der Waals surface area contributed by atoms with Crippen LogP contribution in [-0.2, 0) is 0 Å². The molecule has 0 fully saturated rings. The van der Waals surface area contributed by atoms with Crippen molar-refractivity contribution < 1.29 is 4.79 Å². The maximum absolute atomic E-state index is 12.6. The Morgan fingerprint density at radius 2 is 2.30 bits per heavy atom. The zero-order valence-electron chi connectivity index (χ0n) is 12.0. The minimum atomic E-state index is -0.169. The normalized spacial score (nSPS) is 10.2. The molecule has 0 aliphatic carbocycles. The fraction of sp³-hybridized carbons (Fsp3) is 0.500. The third-order valence-corrected chi connectivity index (χ3v) is 3.01. The first-order valence-corrected chi connectivity index (χ1v) is 6.87. The van der Waals surface area contributed by atoms with Gasteiger partial charge in [-0.25, -0.2) is 4.98 Å². The highest BCUT2D eigenvalue weighted by atomic mass is 35.5. The number of nitriles is 1. The second-order valence-electron chi connectivity index (χ2n) is 4.85. The Labute approximate surface area is 124 Å². The second-order valence-corrected chi connectivity index (χ2v) is 5.26. The molecule has 1 aromatic heterocycles. The predicted octanol–water partition coefficient (Wildman–Crippen LogP) is 2.79. The Kier molecular flexibility index (Phi) is 6.26. The number of hydrogen-bond acceptors (Lipinski definition) is 4. The Balaban J connectivity index is 3.01. The average molecular weight is 295 g/mol. The van der Waals surface area contributed by atoms with E-state index < -0.39 is 0 Å². The molecule has 20 heavy (non-hydrogen) atoms. The molecule has 1 amide bonds. The van der Waals surface area contributed by atoms with Gasteiger partial charge in [-0.2, -0.15) is 5.26 Å². The number of halogens is 1. The van der Waals surface area contributed by atoms with Crippen molar-refractivity contribution in [1.29, 1.82) is 5.26 Å². The summed E-state index contributed by atoms with van der Waals surface area (Å²) in [6, 6.07) is 3.69. The van der Waals surface area contributed by atoms with Crippen molar-refractivity contribution in [3.8, 4) is 6.07 Å². The SMILES string of the molecule is CNc1cc(C(=O)N(CCC#N)CC(C)C)c(Cl)cn1. The lowest BCUT2D eigenvalue weighted by atomic mass is 10.1. The van der Waals surface area contributed by atoms with E-state index in [1.165, 1.54) is 6.20 Å². The van der Waals surface area contributed by atoms with Crippen LogP contribution >= 0.6 is 11.6 Å². The van der Waals surface area contributed by atoms with Crippen molar-refractivity contribution in [2.45, 2.75) is 20.3 Å². The summed E-state index contributed by atoms with van der Waals surface area (Å²) in [5.74, 6) is 0.738. The molecule has 1 aromatic rings. The van der Waals surface area contributed by atoms with Crippen molar-refractivity contribution in [3.05, 3.63) is 22.8 Å². The molecule has 6 heteroatoms. The van der Waals surface area contributed by atoms with Gasteiger partial charge in [-0.05, 0) is 12.0 Å². The summed E-state index contributed by atoms with van der Waals surface area (Å²) in [5, 5.41) is 11.9. The molecule has 0 aromatic carbocycles. The molecule has 0 unspecified atom stereocenters. The first-order chi connectivity index (χ1) is 9.49. The van der Waals surface area contributed by atoms with Crippen molar-refractivity contribution >= 4 is 23.3 Å². The van der Waals surface area contributed by atoms with E-state index in [9.17, 15) is 4.79 Å². The molecule has 0 atom stereocenters. The van der Waals surface area contributed by atoms with Crippen LogP contribution in [-0.4, -0.2) is 35.9 Å². The van der Waals surface area contributed by atoms with E-state index in [0.29, 0.717) is 41.8 Å². The molecule has 1 rings (SSSR count). The van der Waals surface area contributed by atoms with Crippen LogP contribution < -0.4 is 5.32 Å². The number of carbonyl (C=O) groups excluding carboxylic acids is 1. The highest BCUT2D eigenvalue weighted by Gasteiger charge is 2.20. The molecule has 0 aliphatic heterocycles. The van der Waals surface area contributed by atoms with Crippen molar-refractivity contribution in [3.63, 3.8) is 0 Å². The van der Waals surface area contributed by atoms with Crippen LogP contribution in [0.3, 0.4) is 0 Å². The number of nitrogens with zero attached hydrogens (tertiary/aromatic N) is 3. The van der Waals surface area contributed by atoms with E-state index in [1.54, 1.807) is 18.0 Å². The van der Waals surface area contributed by atoms with Gasteiger partial charge in [0.05, 0.1) is 23.1 Å². The quantitative estimate of drug-likeness (QED) is 0.876. The third-order valence-electron chi connectivity index (χ3n) is 2.71. The van der Waals surface area contributed by atoms with Gasteiger partial charge in [-0.3, -0.25) is 4.79 Å². The number of rotatable bonds is 6. The van der Waals surface area contributed by atoms with Gasteiger partial charge in [0.15, 0.2) is 0 Å². The zero-order chi connectivity index (χ0) is 15.1. The van der Waals surface area contributed by atoms with Gasteiger partial charge in [-0.15, -0.1) is 0 Å². The van der Waals surface area contributed by atoms with E-state index in [0.717, 1.165) is 0 Å². The number of pyridine rings is 1. The Hall–Kier alpha value is -1.80. The van der Waals surface area contributed by atoms with Crippen molar-refractivity contribution in [1.82, 2.24) is 9.88 Å². The first-order valence-electron chi connectivity index (χ1n) is 6.49. The molecule has 1 N–H and O–H groups in total. The molecule has 0 aliphatic rings. The molecule has 5 nitrogen and oxygen atoms in total. The second kappa shape index (κ2) is 7.71. The van der Waals surface area contributed by atoms with E-state index in [1.807, 2.05) is 13.8 Å². The molecule has 0 radical (unpaired) electrons. The largest absolute Gasteiger partial charge is 0.373 e. The number of aromatic nitrogens is 1. The first kappa shape index (κ1) is 16.3. The standard InChI is InChI=1S/C14H19ClN4O/c1-10(2)9-19(6-4-5-16)14(20)11-7-13(17-3)18-8-12(11)15/h7-8,10H,4,6,9H2,1-3H3,(H,17,18). The van der Waals surface area contributed by atoms with Gasteiger partial charge in [0, 0.05) is 26.3 Å². The van der Waals surface area contributed by atoms with Gasteiger partial charge in [0.1, 0.15) is 5.82 Å². The lowest BCUT2D eigenvalue weighted by Crippen LogP contribution is -2.35. The van der Waals surface area contributed by atoms with Crippen molar-refractivity contribution in [2.24, 2.45) is 5.92 Å². The highest BCUT2D eigenvalue weighted by molar-refractivity contribution is 6.33. The molecule has 0 saturated heterocycles. The minimum absolute atomic E-state index is 0.169. The summed E-state index contributed by atoms with van der Waals surface area (Å²) < 4.78 is 0. The molecular weight excluding hydrogens is 276 g/mol. The minimum Gasteiger partial charge on any atom is -0.373 e.